The average molecular weight is 261 g/mol. The summed E-state index contributed by atoms with van der Waals surface area (Å²) in [4.78, 5) is 13.6. The van der Waals surface area contributed by atoms with Gasteiger partial charge in [-0.2, -0.15) is 11.8 Å². The highest BCUT2D eigenvalue weighted by atomic mass is 32.2. The van der Waals surface area contributed by atoms with Crippen LogP contribution >= 0.6 is 11.8 Å². The molecule has 0 aliphatic carbocycles. The predicted octanol–water partition coefficient (Wildman–Crippen LogP) is 4.05. The Balaban J connectivity index is 0. The van der Waals surface area contributed by atoms with Crippen LogP contribution < -0.4 is 0 Å². The van der Waals surface area contributed by atoms with E-state index in [9.17, 15) is 4.79 Å². The Morgan fingerprint density at radius 3 is 2.29 bits per heavy atom. The topological polar surface area (TPSA) is 20.3 Å². The molecule has 1 amide bonds. The summed E-state index contributed by atoms with van der Waals surface area (Å²) >= 11 is 1.85. The van der Waals surface area contributed by atoms with E-state index in [0.29, 0.717) is 11.8 Å². The van der Waals surface area contributed by atoms with Crippen molar-refractivity contribution in [1.29, 1.82) is 0 Å². The predicted molar refractivity (Wildman–Crippen MR) is 80.7 cm³/mol. The van der Waals surface area contributed by atoms with Crippen LogP contribution in [0.5, 0.6) is 0 Å². The van der Waals surface area contributed by atoms with Crippen LogP contribution in [0.3, 0.4) is 0 Å². The summed E-state index contributed by atoms with van der Waals surface area (Å²) in [5.74, 6) is 3.16. The maximum Gasteiger partial charge on any atom is 0.223 e. The maximum atomic E-state index is 11.6. The van der Waals surface area contributed by atoms with Gasteiger partial charge in [0.2, 0.25) is 5.91 Å². The van der Waals surface area contributed by atoms with E-state index >= 15 is 0 Å². The van der Waals surface area contributed by atoms with Gasteiger partial charge in [-0.1, -0.05) is 41.5 Å². The van der Waals surface area contributed by atoms with E-state index in [2.05, 4.69) is 13.8 Å². The third kappa shape index (κ3) is 9.51. The molecule has 1 saturated heterocycles. The first-order valence-electron chi connectivity index (χ1n) is 7.09. The molecule has 17 heavy (non-hydrogen) atoms. The molecule has 1 aliphatic heterocycles. The molecule has 0 aromatic carbocycles. The summed E-state index contributed by atoms with van der Waals surface area (Å²) in [6, 6.07) is 0. The standard InChI is InChI=1S/C10H19NOS.2C2H6/c1-3-13-7-5-10(12)11-6-4-9(2)8-11;2*1-2/h9H,3-8H2,1-2H3;2*1-2H3. The van der Waals surface area contributed by atoms with Gasteiger partial charge in [0.15, 0.2) is 0 Å². The number of hydrogen-bond acceptors (Lipinski definition) is 2. The van der Waals surface area contributed by atoms with Gasteiger partial charge in [-0.15, -0.1) is 0 Å². The second-order valence-corrected chi connectivity index (χ2v) is 5.07. The van der Waals surface area contributed by atoms with Gasteiger partial charge in [0.05, 0.1) is 0 Å². The van der Waals surface area contributed by atoms with Gasteiger partial charge in [-0.05, 0) is 18.1 Å². The lowest BCUT2D eigenvalue weighted by Gasteiger charge is -2.15. The molecule has 1 aliphatic rings. The number of likely N-dealkylation sites (tertiary alicyclic amines) is 1. The van der Waals surface area contributed by atoms with Crippen LogP contribution in [-0.2, 0) is 4.79 Å². The van der Waals surface area contributed by atoms with Crippen molar-refractivity contribution in [3.05, 3.63) is 0 Å². The van der Waals surface area contributed by atoms with E-state index in [1.807, 2.05) is 44.4 Å². The van der Waals surface area contributed by atoms with Crippen LogP contribution in [-0.4, -0.2) is 35.4 Å². The molecule has 104 valence electrons. The Morgan fingerprint density at radius 2 is 1.88 bits per heavy atom. The Kier molecular flexibility index (Phi) is 15.7. The zero-order chi connectivity index (χ0) is 13.7. The highest BCUT2D eigenvalue weighted by molar-refractivity contribution is 7.99. The van der Waals surface area contributed by atoms with Gasteiger partial charge in [-0.25, -0.2) is 0 Å². The van der Waals surface area contributed by atoms with Crippen molar-refractivity contribution >= 4 is 17.7 Å². The minimum Gasteiger partial charge on any atom is -0.342 e. The quantitative estimate of drug-likeness (QED) is 0.712. The molecule has 2 nitrogen and oxygen atoms in total. The fourth-order valence-corrected chi connectivity index (χ4v) is 2.23. The molecular formula is C14H31NOS. The number of nitrogens with zero attached hydrogens (tertiary/aromatic N) is 1. The largest absolute Gasteiger partial charge is 0.342 e. The third-order valence-corrected chi connectivity index (χ3v) is 3.34. The summed E-state index contributed by atoms with van der Waals surface area (Å²) < 4.78 is 0. The van der Waals surface area contributed by atoms with Crippen molar-refractivity contribution in [3.8, 4) is 0 Å². The van der Waals surface area contributed by atoms with Crippen molar-refractivity contribution < 1.29 is 4.79 Å². The monoisotopic (exact) mass is 261 g/mol. The van der Waals surface area contributed by atoms with Gasteiger partial charge in [0.1, 0.15) is 0 Å². The number of carbonyl (C=O) groups is 1. The van der Waals surface area contributed by atoms with Crippen LogP contribution in [0.2, 0.25) is 0 Å². The highest BCUT2D eigenvalue weighted by Gasteiger charge is 2.22. The molecule has 1 unspecified atom stereocenters. The van der Waals surface area contributed by atoms with Crippen molar-refractivity contribution in [2.24, 2.45) is 5.92 Å². The molecule has 0 aromatic rings. The van der Waals surface area contributed by atoms with E-state index in [1.54, 1.807) is 0 Å². The lowest BCUT2D eigenvalue weighted by Crippen LogP contribution is -2.28. The van der Waals surface area contributed by atoms with Crippen LogP contribution in [0, 0.1) is 5.92 Å². The van der Waals surface area contributed by atoms with Crippen molar-refractivity contribution in [1.82, 2.24) is 4.90 Å². The smallest absolute Gasteiger partial charge is 0.223 e. The van der Waals surface area contributed by atoms with Crippen molar-refractivity contribution in [2.75, 3.05) is 24.6 Å². The van der Waals surface area contributed by atoms with Crippen LogP contribution in [0.1, 0.15) is 54.4 Å². The molecule has 0 radical (unpaired) electrons. The summed E-state index contributed by atoms with van der Waals surface area (Å²) in [5, 5.41) is 0. The fourth-order valence-electron chi connectivity index (χ4n) is 1.62. The zero-order valence-corrected chi connectivity index (χ0v) is 13.4. The second-order valence-electron chi connectivity index (χ2n) is 3.68. The minimum atomic E-state index is 0.352. The molecule has 1 rings (SSSR count). The van der Waals surface area contributed by atoms with Crippen molar-refractivity contribution in [2.45, 2.75) is 54.4 Å². The molecule has 3 heteroatoms. The first-order valence-corrected chi connectivity index (χ1v) is 8.25. The van der Waals surface area contributed by atoms with Gasteiger partial charge < -0.3 is 4.90 Å². The molecule has 0 aromatic heterocycles. The lowest BCUT2D eigenvalue weighted by molar-refractivity contribution is -0.129. The molecule has 0 bridgehead atoms. The molecule has 1 fully saturated rings. The molecule has 1 atom stereocenters. The van der Waals surface area contributed by atoms with Crippen LogP contribution in [0.15, 0.2) is 0 Å². The van der Waals surface area contributed by atoms with E-state index in [-0.39, 0.29) is 0 Å². The van der Waals surface area contributed by atoms with Gasteiger partial charge in [0.25, 0.3) is 0 Å². The maximum absolute atomic E-state index is 11.6. The summed E-state index contributed by atoms with van der Waals surface area (Å²) in [5.41, 5.74) is 0. The minimum absolute atomic E-state index is 0.352. The second kappa shape index (κ2) is 13.9. The van der Waals surface area contributed by atoms with E-state index in [1.165, 1.54) is 6.42 Å². The average Bonchev–Trinajstić information content (AvgIpc) is 2.81. The molecular weight excluding hydrogens is 230 g/mol. The first kappa shape index (κ1) is 19.2. The van der Waals surface area contributed by atoms with Crippen LogP contribution in [0.4, 0.5) is 0 Å². The molecule has 0 saturated carbocycles. The highest BCUT2D eigenvalue weighted by Crippen LogP contribution is 2.16. The summed E-state index contributed by atoms with van der Waals surface area (Å²) in [7, 11) is 0. The number of hydrogen-bond donors (Lipinski definition) is 0. The summed E-state index contributed by atoms with van der Waals surface area (Å²) in [6.07, 6.45) is 1.91. The van der Waals surface area contributed by atoms with E-state index < -0.39 is 0 Å². The summed E-state index contributed by atoms with van der Waals surface area (Å²) in [6.45, 7) is 14.3. The lowest BCUT2D eigenvalue weighted by atomic mass is 10.2. The Hall–Kier alpha value is -0.180. The van der Waals surface area contributed by atoms with Gasteiger partial charge in [0, 0.05) is 25.3 Å². The Labute approximate surface area is 113 Å². The van der Waals surface area contributed by atoms with Gasteiger partial charge in [-0.3, -0.25) is 4.79 Å². The Bertz CT molecular complexity index is 174. The zero-order valence-electron chi connectivity index (χ0n) is 12.6. The van der Waals surface area contributed by atoms with E-state index in [0.717, 1.165) is 31.0 Å². The Morgan fingerprint density at radius 1 is 1.29 bits per heavy atom. The number of carbonyl (C=O) groups excluding carboxylic acids is 1. The number of amides is 1. The fraction of sp³-hybridized carbons (Fsp3) is 0.929. The van der Waals surface area contributed by atoms with Crippen LogP contribution in [0.25, 0.3) is 0 Å². The SMILES string of the molecule is CC.CC.CCSCCC(=O)N1CCC(C)C1. The normalized spacial score (nSPS) is 17.8. The first-order chi connectivity index (χ1) is 8.24. The molecule has 1 heterocycles. The number of thioether (sulfide) groups is 1. The molecule has 0 N–H and O–H groups in total. The van der Waals surface area contributed by atoms with Gasteiger partial charge >= 0.3 is 0 Å². The molecule has 0 spiro atoms. The van der Waals surface area contributed by atoms with E-state index in [4.69, 9.17) is 0 Å². The number of rotatable bonds is 4. The third-order valence-electron chi connectivity index (χ3n) is 2.44. The van der Waals surface area contributed by atoms with Crippen molar-refractivity contribution in [3.63, 3.8) is 0 Å².